The molecule has 1 atom stereocenters. The Labute approximate surface area is 159 Å². The Hall–Kier alpha value is -2.43. The summed E-state index contributed by atoms with van der Waals surface area (Å²) in [6, 6.07) is 7.74. The van der Waals surface area contributed by atoms with Gasteiger partial charge in [-0.1, -0.05) is 6.07 Å². The van der Waals surface area contributed by atoms with E-state index in [1.165, 1.54) is 24.3 Å². The molecule has 0 saturated carbocycles. The molecule has 3 rings (SSSR count). The molecule has 1 amide bonds. The molecule has 1 saturated heterocycles. The van der Waals surface area contributed by atoms with Crippen LogP contribution < -0.4 is 10.0 Å². The molecule has 0 spiro atoms. The summed E-state index contributed by atoms with van der Waals surface area (Å²) in [5.41, 5.74) is -0.859. The SMILES string of the molecule is O=C(Nc1ccc(F)c(C(F)F)c1)c1cccc(S(=O)(=O)N[C@H]2CCOC2)c1. The first-order valence-electron chi connectivity index (χ1n) is 8.35. The van der Waals surface area contributed by atoms with E-state index in [1.807, 2.05) is 0 Å². The average Bonchev–Trinajstić information content (AvgIpc) is 3.15. The minimum absolute atomic E-state index is 0.00784. The zero-order valence-corrected chi connectivity index (χ0v) is 15.3. The Morgan fingerprint density at radius 2 is 1.96 bits per heavy atom. The largest absolute Gasteiger partial charge is 0.380 e. The number of hydrogen-bond donors (Lipinski definition) is 2. The number of carbonyl (C=O) groups excluding carboxylic acids is 1. The van der Waals surface area contributed by atoms with Gasteiger partial charge in [-0.15, -0.1) is 0 Å². The van der Waals surface area contributed by atoms with Crippen molar-refractivity contribution >= 4 is 21.6 Å². The zero-order valence-electron chi connectivity index (χ0n) is 14.5. The highest BCUT2D eigenvalue weighted by molar-refractivity contribution is 7.89. The van der Waals surface area contributed by atoms with E-state index in [0.717, 1.165) is 18.2 Å². The van der Waals surface area contributed by atoms with Gasteiger partial charge in [-0.25, -0.2) is 26.3 Å². The number of ether oxygens (including phenoxy) is 1. The second-order valence-electron chi connectivity index (χ2n) is 6.20. The van der Waals surface area contributed by atoms with Crippen LogP contribution >= 0.6 is 0 Å². The molecule has 0 unspecified atom stereocenters. The Balaban J connectivity index is 1.78. The second-order valence-corrected chi connectivity index (χ2v) is 7.91. The number of halogens is 3. The van der Waals surface area contributed by atoms with Gasteiger partial charge in [0, 0.05) is 23.9 Å². The third-order valence-corrected chi connectivity index (χ3v) is 5.67. The summed E-state index contributed by atoms with van der Waals surface area (Å²) in [7, 11) is -3.85. The van der Waals surface area contributed by atoms with Crippen LogP contribution in [0.2, 0.25) is 0 Å². The highest BCUT2D eigenvalue weighted by Gasteiger charge is 2.24. The summed E-state index contributed by atoms with van der Waals surface area (Å²) in [6.07, 6.45) is -2.48. The zero-order chi connectivity index (χ0) is 20.3. The van der Waals surface area contributed by atoms with E-state index in [1.54, 1.807) is 0 Å². The van der Waals surface area contributed by atoms with Crippen molar-refractivity contribution in [2.45, 2.75) is 23.8 Å². The summed E-state index contributed by atoms with van der Waals surface area (Å²) >= 11 is 0. The quantitative estimate of drug-likeness (QED) is 0.761. The van der Waals surface area contributed by atoms with Crippen molar-refractivity contribution in [1.29, 1.82) is 0 Å². The molecule has 0 aromatic heterocycles. The molecule has 0 aliphatic carbocycles. The number of hydrogen-bond acceptors (Lipinski definition) is 4. The van der Waals surface area contributed by atoms with Gasteiger partial charge < -0.3 is 10.1 Å². The summed E-state index contributed by atoms with van der Waals surface area (Å²) in [5.74, 6) is -1.80. The molecule has 2 aromatic carbocycles. The van der Waals surface area contributed by atoms with Gasteiger partial charge in [0.15, 0.2) is 0 Å². The molecular formula is C18H17F3N2O4S. The van der Waals surface area contributed by atoms with Gasteiger partial charge >= 0.3 is 0 Å². The van der Waals surface area contributed by atoms with Crippen molar-refractivity contribution in [1.82, 2.24) is 4.72 Å². The third-order valence-electron chi connectivity index (χ3n) is 4.15. The number of amides is 1. The Morgan fingerprint density at radius 1 is 1.18 bits per heavy atom. The number of benzene rings is 2. The van der Waals surface area contributed by atoms with E-state index >= 15 is 0 Å². The molecule has 2 N–H and O–H groups in total. The van der Waals surface area contributed by atoms with E-state index in [-0.39, 0.29) is 28.8 Å². The molecule has 10 heteroatoms. The molecule has 0 radical (unpaired) electrons. The maximum absolute atomic E-state index is 13.4. The van der Waals surface area contributed by atoms with E-state index in [9.17, 15) is 26.4 Å². The van der Waals surface area contributed by atoms with Gasteiger partial charge in [-0.2, -0.15) is 0 Å². The average molecular weight is 414 g/mol. The van der Waals surface area contributed by atoms with E-state index in [2.05, 4.69) is 10.0 Å². The fraction of sp³-hybridized carbons (Fsp3) is 0.278. The van der Waals surface area contributed by atoms with Crippen LogP contribution in [-0.4, -0.2) is 33.6 Å². The lowest BCUT2D eigenvalue weighted by Gasteiger charge is -2.12. The molecular weight excluding hydrogens is 397 g/mol. The van der Waals surface area contributed by atoms with Crippen LogP contribution in [0.5, 0.6) is 0 Å². The van der Waals surface area contributed by atoms with Gasteiger partial charge in [0.1, 0.15) is 5.82 Å². The number of carbonyl (C=O) groups is 1. The minimum atomic E-state index is -3.85. The van der Waals surface area contributed by atoms with Gasteiger partial charge in [0.05, 0.1) is 17.1 Å². The first-order valence-corrected chi connectivity index (χ1v) is 9.83. The molecule has 6 nitrogen and oxygen atoms in total. The molecule has 0 bridgehead atoms. The molecule has 28 heavy (non-hydrogen) atoms. The number of rotatable bonds is 6. The van der Waals surface area contributed by atoms with Crippen molar-refractivity contribution in [3.63, 3.8) is 0 Å². The van der Waals surface area contributed by atoms with Gasteiger partial charge in [-0.3, -0.25) is 4.79 Å². The van der Waals surface area contributed by atoms with Crippen LogP contribution in [-0.2, 0) is 14.8 Å². The lowest BCUT2D eigenvalue weighted by Crippen LogP contribution is -2.35. The molecule has 1 heterocycles. The normalized spacial score (nSPS) is 17.1. The monoisotopic (exact) mass is 414 g/mol. The summed E-state index contributed by atoms with van der Waals surface area (Å²) in [4.78, 5) is 12.3. The lowest BCUT2D eigenvalue weighted by atomic mass is 10.1. The van der Waals surface area contributed by atoms with Crippen LogP contribution in [0.25, 0.3) is 0 Å². The van der Waals surface area contributed by atoms with E-state index in [0.29, 0.717) is 13.0 Å². The predicted octanol–water partition coefficient (Wildman–Crippen LogP) is 3.08. The first-order chi connectivity index (χ1) is 13.3. The highest BCUT2D eigenvalue weighted by Crippen LogP contribution is 2.25. The maximum atomic E-state index is 13.4. The number of sulfonamides is 1. The maximum Gasteiger partial charge on any atom is 0.266 e. The molecule has 1 aliphatic rings. The fourth-order valence-corrected chi connectivity index (χ4v) is 4.01. The Kier molecular flexibility index (Phi) is 6.01. The number of alkyl halides is 2. The highest BCUT2D eigenvalue weighted by atomic mass is 32.2. The predicted molar refractivity (Wildman–Crippen MR) is 95.3 cm³/mol. The van der Waals surface area contributed by atoms with E-state index < -0.39 is 33.7 Å². The third kappa shape index (κ3) is 4.70. The fourth-order valence-electron chi connectivity index (χ4n) is 2.71. The van der Waals surface area contributed by atoms with Gasteiger partial charge in [-0.05, 0) is 42.8 Å². The minimum Gasteiger partial charge on any atom is -0.380 e. The van der Waals surface area contributed by atoms with Crippen LogP contribution in [0.4, 0.5) is 18.9 Å². The van der Waals surface area contributed by atoms with Gasteiger partial charge in [0.25, 0.3) is 12.3 Å². The molecule has 1 aliphatic heterocycles. The van der Waals surface area contributed by atoms with Gasteiger partial charge in [0.2, 0.25) is 10.0 Å². The van der Waals surface area contributed by atoms with Crippen molar-refractivity contribution in [3.05, 3.63) is 59.4 Å². The lowest BCUT2D eigenvalue weighted by molar-refractivity contribution is 0.102. The van der Waals surface area contributed by atoms with Crippen molar-refractivity contribution in [2.24, 2.45) is 0 Å². The topological polar surface area (TPSA) is 84.5 Å². The second kappa shape index (κ2) is 8.29. The van der Waals surface area contributed by atoms with E-state index in [4.69, 9.17) is 4.74 Å². The number of nitrogens with one attached hydrogen (secondary N) is 2. The molecule has 2 aromatic rings. The van der Waals surface area contributed by atoms with Crippen LogP contribution in [0.1, 0.15) is 28.8 Å². The van der Waals surface area contributed by atoms with Crippen molar-refractivity contribution in [3.8, 4) is 0 Å². The molecule has 1 fully saturated rings. The van der Waals surface area contributed by atoms with Crippen molar-refractivity contribution in [2.75, 3.05) is 18.5 Å². The Morgan fingerprint density at radius 3 is 2.64 bits per heavy atom. The molecule has 150 valence electrons. The van der Waals surface area contributed by atoms with Crippen molar-refractivity contribution < 1.29 is 31.1 Å². The van der Waals surface area contributed by atoms with Crippen LogP contribution in [0.15, 0.2) is 47.4 Å². The smallest absolute Gasteiger partial charge is 0.266 e. The summed E-state index contributed by atoms with van der Waals surface area (Å²) in [6.45, 7) is 0.740. The first kappa shape index (κ1) is 20.3. The summed E-state index contributed by atoms with van der Waals surface area (Å²) in [5, 5.41) is 2.36. The van der Waals surface area contributed by atoms with Crippen LogP contribution in [0, 0.1) is 5.82 Å². The standard InChI is InChI=1S/C18H17F3N2O4S/c19-16-5-4-12(9-15(16)17(20)21)22-18(24)11-2-1-3-14(8-11)28(25,26)23-13-6-7-27-10-13/h1-5,8-9,13,17,23H,6-7,10H2,(H,22,24)/t13-/m0/s1. The Bertz CT molecular complexity index is 977. The number of anilines is 1. The summed E-state index contributed by atoms with van der Waals surface area (Å²) < 4.78 is 71.5. The van der Waals surface area contributed by atoms with Crippen LogP contribution in [0.3, 0.4) is 0 Å².